The van der Waals surface area contributed by atoms with E-state index in [0.29, 0.717) is 18.0 Å². The van der Waals surface area contributed by atoms with E-state index in [-0.39, 0.29) is 11.1 Å². The number of nitrogens with zero attached hydrogens (tertiary/aromatic N) is 1. The molecular weight excluding hydrogens is 340 g/mol. The Balaban J connectivity index is 1.80. The monoisotopic (exact) mass is 362 g/mol. The number of amides is 1. The van der Waals surface area contributed by atoms with Crippen molar-refractivity contribution in [3.05, 3.63) is 93.9 Å². The topological polar surface area (TPSA) is 60.3 Å². The van der Waals surface area contributed by atoms with Gasteiger partial charge in [-0.2, -0.15) is 0 Å². The summed E-state index contributed by atoms with van der Waals surface area (Å²) in [6.07, 6.45) is 2.67. The zero-order valence-corrected chi connectivity index (χ0v) is 15.4. The minimum absolute atomic E-state index is 0.102. The summed E-state index contributed by atoms with van der Waals surface area (Å²) in [5.41, 5.74) is 2.62. The molecule has 138 valence electrons. The maximum atomic E-state index is 12.7. The van der Waals surface area contributed by atoms with Crippen LogP contribution in [0.1, 0.15) is 28.4 Å². The summed E-state index contributed by atoms with van der Waals surface area (Å²) in [6, 6.07) is 18.4. The zero-order chi connectivity index (χ0) is 19.2. The maximum Gasteiger partial charge on any atom is 0.263 e. The van der Waals surface area contributed by atoms with Crippen LogP contribution in [0.3, 0.4) is 0 Å². The number of benzene rings is 2. The fourth-order valence-corrected chi connectivity index (χ4v) is 2.81. The molecule has 1 N–H and O–H groups in total. The normalized spacial score (nSPS) is 10.4. The Morgan fingerprint density at radius 1 is 1.04 bits per heavy atom. The molecule has 0 unspecified atom stereocenters. The Morgan fingerprint density at radius 3 is 2.48 bits per heavy atom. The molecule has 3 rings (SSSR count). The van der Waals surface area contributed by atoms with Crippen LogP contribution in [0.4, 0.5) is 5.69 Å². The van der Waals surface area contributed by atoms with Gasteiger partial charge in [-0.25, -0.2) is 0 Å². The summed E-state index contributed by atoms with van der Waals surface area (Å²) in [7, 11) is 1.56. The fraction of sp³-hybridized carbons (Fsp3) is 0.182. The van der Waals surface area contributed by atoms with Crippen LogP contribution in [0.25, 0.3) is 0 Å². The average Bonchev–Trinajstić information content (AvgIpc) is 2.70. The Labute approximate surface area is 158 Å². The highest BCUT2D eigenvalue weighted by atomic mass is 16.5. The first-order chi connectivity index (χ1) is 13.1. The van der Waals surface area contributed by atoms with E-state index in [1.165, 1.54) is 11.6 Å². The van der Waals surface area contributed by atoms with Gasteiger partial charge < -0.3 is 14.6 Å². The molecule has 0 atom stereocenters. The number of rotatable bonds is 6. The minimum atomic E-state index is -0.441. The van der Waals surface area contributed by atoms with Crippen molar-refractivity contribution in [3.63, 3.8) is 0 Å². The highest BCUT2D eigenvalue weighted by molar-refractivity contribution is 6.04. The average molecular weight is 362 g/mol. The van der Waals surface area contributed by atoms with E-state index in [4.69, 9.17) is 4.74 Å². The van der Waals surface area contributed by atoms with Crippen LogP contribution >= 0.6 is 0 Å². The second kappa shape index (κ2) is 8.36. The van der Waals surface area contributed by atoms with E-state index in [2.05, 4.69) is 24.4 Å². The Bertz CT molecular complexity index is 991. The molecule has 5 heteroatoms. The standard InChI is InChI=1S/C22H22N2O3/c1-3-16-9-11-17(12-10-16)15-24-13-5-8-20(22(24)26)21(25)23-18-6-4-7-19(14-18)27-2/h4-14H,3,15H2,1-2H3,(H,23,25). The molecule has 0 aliphatic heterocycles. The molecule has 0 fully saturated rings. The predicted octanol–water partition coefficient (Wildman–Crippen LogP) is 3.72. The molecule has 0 saturated heterocycles. The molecule has 1 aromatic heterocycles. The predicted molar refractivity (Wildman–Crippen MR) is 107 cm³/mol. The second-order valence-electron chi connectivity index (χ2n) is 6.21. The van der Waals surface area contributed by atoms with Gasteiger partial charge in [0.1, 0.15) is 11.3 Å². The molecule has 3 aromatic rings. The van der Waals surface area contributed by atoms with E-state index < -0.39 is 5.91 Å². The van der Waals surface area contributed by atoms with Crippen molar-refractivity contribution in [2.45, 2.75) is 19.9 Å². The van der Waals surface area contributed by atoms with Crippen LogP contribution in [0.2, 0.25) is 0 Å². The van der Waals surface area contributed by atoms with Crippen LogP contribution in [0.5, 0.6) is 5.75 Å². The van der Waals surface area contributed by atoms with Crippen LogP contribution in [0.15, 0.2) is 71.7 Å². The lowest BCUT2D eigenvalue weighted by Gasteiger charge is -2.10. The first-order valence-corrected chi connectivity index (χ1v) is 8.83. The number of hydrogen-bond donors (Lipinski definition) is 1. The molecular formula is C22H22N2O3. The summed E-state index contributed by atoms with van der Waals surface area (Å²) in [4.78, 5) is 25.3. The number of aromatic nitrogens is 1. The van der Waals surface area contributed by atoms with Crippen molar-refractivity contribution in [2.24, 2.45) is 0 Å². The van der Waals surface area contributed by atoms with Gasteiger partial charge in [0, 0.05) is 18.0 Å². The third kappa shape index (κ3) is 4.44. The number of carbonyl (C=O) groups excluding carboxylic acids is 1. The number of aryl methyl sites for hydroxylation is 1. The summed E-state index contributed by atoms with van der Waals surface area (Å²) in [6.45, 7) is 2.52. The van der Waals surface area contributed by atoms with E-state index in [1.807, 2.05) is 12.1 Å². The number of nitrogens with one attached hydrogen (secondary N) is 1. The van der Waals surface area contributed by atoms with Crippen molar-refractivity contribution in [3.8, 4) is 5.75 Å². The third-order valence-electron chi connectivity index (χ3n) is 4.38. The lowest BCUT2D eigenvalue weighted by molar-refractivity contribution is 0.102. The summed E-state index contributed by atoms with van der Waals surface area (Å²) in [5, 5.41) is 2.75. The van der Waals surface area contributed by atoms with Crippen molar-refractivity contribution < 1.29 is 9.53 Å². The molecule has 1 heterocycles. The van der Waals surface area contributed by atoms with Gasteiger partial charge in [-0.1, -0.05) is 37.3 Å². The molecule has 0 spiro atoms. The molecule has 0 bridgehead atoms. The number of hydrogen-bond acceptors (Lipinski definition) is 3. The van der Waals surface area contributed by atoms with Crippen molar-refractivity contribution >= 4 is 11.6 Å². The minimum Gasteiger partial charge on any atom is -0.497 e. The molecule has 1 amide bonds. The van der Waals surface area contributed by atoms with E-state index in [1.54, 1.807) is 48.2 Å². The van der Waals surface area contributed by atoms with E-state index in [0.717, 1.165) is 12.0 Å². The number of carbonyl (C=O) groups is 1. The van der Waals surface area contributed by atoms with Gasteiger partial charge in [-0.3, -0.25) is 9.59 Å². The Hall–Kier alpha value is -3.34. The number of anilines is 1. The fourth-order valence-electron chi connectivity index (χ4n) is 2.81. The van der Waals surface area contributed by atoms with Gasteiger partial charge in [0.2, 0.25) is 0 Å². The SMILES string of the molecule is CCc1ccc(Cn2cccc(C(=O)Nc3cccc(OC)c3)c2=O)cc1. The third-order valence-corrected chi connectivity index (χ3v) is 4.38. The molecule has 0 saturated carbocycles. The van der Waals surface area contributed by atoms with Crippen LogP contribution in [0, 0.1) is 0 Å². The lowest BCUT2D eigenvalue weighted by Crippen LogP contribution is -2.29. The zero-order valence-electron chi connectivity index (χ0n) is 15.4. The molecule has 0 aliphatic rings. The van der Waals surface area contributed by atoms with Gasteiger partial charge >= 0.3 is 0 Å². The van der Waals surface area contributed by atoms with Gasteiger partial charge in [0.05, 0.1) is 13.7 Å². The molecule has 0 radical (unpaired) electrons. The number of ether oxygens (including phenoxy) is 1. The summed E-state index contributed by atoms with van der Waals surface area (Å²) >= 11 is 0. The van der Waals surface area contributed by atoms with Crippen LogP contribution in [-0.4, -0.2) is 17.6 Å². The van der Waals surface area contributed by atoms with Crippen molar-refractivity contribution in [1.82, 2.24) is 4.57 Å². The first-order valence-electron chi connectivity index (χ1n) is 8.83. The largest absolute Gasteiger partial charge is 0.497 e. The number of methoxy groups -OCH3 is 1. The summed E-state index contributed by atoms with van der Waals surface area (Å²) < 4.78 is 6.69. The van der Waals surface area contributed by atoms with Crippen molar-refractivity contribution in [2.75, 3.05) is 12.4 Å². The van der Waals surface area contributed by atoms with Crippen LogP contribution in [-0.2, 0) is 13.0 Å². The summed E-state index contributed by atoms with van der Waals surface area (Å²) in [5.74, 6) is 0.192. The highest BCUT2D eigenvalue weighted by Crippen LogP contribution is 2.17. The molecule has 2 aromatic carbocycles. The lowest BCUT2D eigenvalue weighted by atomic mass is 10.1. The first kappa shape index (κ1) is 18.5. The molecule has 27 heavy (non-hydrogen) atoms. The maximum absolute atomic E-state index is 12.7. The van der Waals surface area contributed by atoms with E-state index >= 15 is 0 Å². The quantitative estimate of drug-likeness (QED) is 0.727. The Kier molecular flexibility index (Phi) is 5.71. The molecule has 0 aliphatic carbocycles. The van der Waals surface area contributed by atoms with Gasteiger partial charge in [0.15, 0.2) is 0 Å². The second-order valence-corrected chi connectivity index (χ2v) is 6.21. The smallest absolute Gasteiger partial charge is 0.263 e. The Morgan fingerprint density at radius 2 is 1.78 bits per heavy atom. The van der Waals surface area contributed by atoms with E-state index in [9.17, 15) is 9.59 Å². The number of pyridine rings is 1. The van der Waals surface area contributed by atoms with Gasteiger partial charge in [-0.05, 0) is 41.8 Å². The highest BCUT2D eigenvalue weighted by Gasteiger charge is 2.13. The van der Waals surface area contributed by atoms with Gasteiger partial charge in [-0.15, -0.1) is 0 Å². The van der Waals surface area contributed by atoms with Crippen molar-refractivity contribution in [1.29, 1.82) is 0 Å². The molecule has 5 nitrogen and oxygen atoms in total. The van der Waals surface area contributed by atoms with Crippen LogP contribution < -0.4 is 15.6 Å². The van der Waals surface area contributed by atoms with Gasteiger partial charge in [0.25, 0.3) is 11.5 Å².